The van der Waals surface area contributed by atoms with E-state index >= 15 is 0 Å². The Bertz CT molecular complexity index is 538. The normalized spacial score (nSPS) is 11.5. The number of aliphatic hydroxyl groups excluding tert-OH is 1. The zero-order valence-electron chi connectivity index (χ0n) is 10.9. The molecule has 19 heavy (non-hydrogen) atoms. The monoisotopic (exact) mass is 263 g/mol. The van der Waals surface area contributed by atoms with Gasteiger partial charge in [0.1, 0.15) is 6.33 Å². The highest BCUT2D eigenvalue weighted by atomic mass is 16.3. The molecule has 0 aliphatic heterocycles. The third-order valence-corrected chi connectivity index (χ3v) is 2.56. The first-order valence-corrected chi connectivity index (χ1v) is 5.89. The summed E-state index contributed by atoms with van der Waals surface area (Å²) in [6, 6.07) is 0. The van der Waals surface area contributed by atoms with Crippen molar-refractivity contribution in [2.75, 3.05) is 17.7 Å². The Hall–Kier alpha value is -2.22. The summed E-state index contributed by atoms with van der Waals surface area (Å²) < 4.78 is 1.64. The predicted molar refractivity (Wildman–Crippen MR) is 70.8 cm³/mol. The minimum Gasteiger partial charge on any atom is -0.396 e. The molecule has 0 unspecified atom stereocenters. The Kier molecular flexibility index (Phi) is 3.61. The molecule has 8 nitrogen and oxygen atoms in total. The number of aliphatic hydroxyl groups is 1. The number of aromatic nitrogens is 5. The van der Waals surface area contributed by atoms with E-state index in [0.717, 1.165) is 0 Å². The van der Waals surface area contributed by atoms with Crippen molar-refractivity contribution < 1.29 is 5.11 Å². The van der Waals surface area contributed by atoms with Crippen molar-refractivity contribution in [3.8, 4) is 5.95 Å². The molecule has 0 spiro atoms. The topological polar surface area (TPSA) is 115 Å². The van der Waals surface area contributed by atoms with Crippen LogP contribution in [0.1, 0.15) is 20.3 Å². The van der Waals surface area contributed by atoms with Crippen LogP contribution in [0, 0.1) is 0 Å². The van der Waals surface area contributed by atoms with Crippen LogP contribution in [0.25, 0.3) is 5.95 Å². The van der Waals surface area contributed by atoms with Gasteiger partial charge in [0.15, 0.2) is 0 Å². The molecule has 4 N–H and O–H groups in total. The fraction of sp³-hybridized carbons (Fsp3) is 0.455. The van der Waals surface area contributed by atoms with E-state index in [1.165, 1.54) is 0 Å². The van der Waals surface area contributed by atoms with Gasteiger partial charge in [0.2, 0.25) is 17.8 Å². The molecule has 2 aromatic rings. The minimum atomic E-state index is -0.339. The number of hydrogen-bond acceptors (Lipinski definition) is 7. The van der Waals surface area contributed by atoms with Gasteiger partial charge in [-0.2, -0.15) is 15.0 Å². The summed E-state index contributed by atoms with van der Waals surface area (Å²) in [6.07, 6.45) is 5.50. The van der Waals surface area contributed by atoms with Crippen LogP contribution < -0.4 is 11.1 Å². The van der Waals surface area contributed by atoms with Gasteiger partial charge < -0.3 is 16.2 Å². The lowest BCUT2D eigenvalue weighted by Crippen LogP contribution is -2.33. The summed E-state index contributed by atoms with van der Waals surface area (Å²) in [5, 5.41) is 12.1. The second-order valence-electron chi connectivity index (χ2n) is 4.77. The molecule has 0 aliphatic carbocycles. The molecule has 102 valence electrons. The number of nitrogens with one attached hydrogen (secondary N) is 1. The Morgan fingerprint density at radius 3 is 2.79 bits per heavy atom. The lowest BCUT2D eigenvalue weighted by molar-refractivity contribution is 0.260. The Morgan fingerprint density at radius 1 is 1.37 bits per heavy atom. The first-order valence-electron chi connectivity index (χ1n) is 5.89. The van der Waals surface area contributed by atoms with Gasteiger partial charge in [0.25, 0.3) is 0 Å². The van der Waals surface area contributed by atoms with Crippen LogP contribution in [0.5, 0.6) is 0 Å². The molecule has 0 saturated carbocycles. The highest BCUT2D eigenvalue weighted by Crippen LogP contribution is 2.16. The summed E-state index contributed by atoms with van der Waals surface area (Å²) in [5.41, 5.74) is 5.33. The SMILES string of the molecule is CC(C)(CCO)Nc1nc(N)nc(-n2ccnc2)n1. The van der Waals surface area contributed by atoms with E-state index < -0.39 is 0 Å². The van der Waals surface area contributed by atoms with Gasteiger partial charge in [-0.25, -0.2) is 4.98 Å². The maximum Gasteiger partial charge on any atom is 0.241 e. The molecular formula is C11H17N7O. The van der Waals surface area contributed by atoms with Gasteiger partial charge in [-0.15, -0.1) is 0 Å². The summed E-state index contributed by atoms with van der Waals surface area (Å²) >= 11 is 0. The summed E-state index contributed by atoms with van der Waals surface area (Å²) in [5.74, 6) is 0.892. The third-order valence-electron chi connectivity index (χ3n) is 2.56. The van der Waals surface area contributed by atoms with Crippen molar-refractivity contribution in [1.82, 2.24) is 24.5 Å². The second kappa shape index (κ2) is 5.19. The molecule has 0 saturated heterocycles. The molecule has 0 bridgehead atoms. The van der Waals surface area contributed by atoms with Gasteiger partial charge in [-0.05, 0) is 20.3 Å². The fourth-order valence-electron chi connectivity index (χ4n) is 1.57. The van der Waals surface area contributed by atoms with E-state index in [-0.39, 0.29) is 18.1 Å². The zero-order valence-corrected chi connectivity index (χ0v) is 10.9. The fourth-order valence-corrected chi connectivity index (χ4v) is 1.57. The van der Waals surface area contributed by atoms with Crippen LogP contribution in [0.3, 0.4) is 0 Å². The van der Waals surface area contributed by atoms with E-state index in [0.29, 0.717) is 18.3 Å². The van der Waals surface area contributed by atoms with E-state index in [4.69, 9.17) is 10.8 Å². The van der Waals surface area contributed by atoms with Crippen LogP contribution in [-0.4, -0.2) is 41.8 Å². The third kappa shape index (κ3) is 3.38. The lowest BCUT2D eigenvalue weighted by atomic mass is 10.0. The van der Waals surface area contributed by atoms with Crippen molar-refractivity contribution in [2.24, 2.45) is 0 Å². The average molecular weight is 263 g/mol. The lowest BCUT2D eigenvalue weighted by Gasteiger charge is -2.25. The largest absolute Gasteiger partial charge is 0.396 e. The Morgan fingerprint density at radius 2 is 2.16 bits per heavy atom. The van der Waals surface area contributed by atoms with Gasteiger partial charge in [-0.1, -0.05) is 0 Å². The van der Waals surface area contributed by atoms with Crippen LogP contribution in [-0.2, 0) is 0 Å². The number of anilines is 2. The molecule has 0 aromatic carbocycles. The molecule has 0 amide bonds. The Labute approximate surface area is 110 Å². The van der Waals surface area contributed by atoms with Gasteiger partial charge in [-0.3, -0.25) is 4.57 Å². The highest BCUT2D eigenvalue weighted by Gasteiger charge is 2.19. The van der Waals surface area contributed by atoms with Crippen molar-refractivity contribution >= 4 is 11.9 Å². The molecule has 2 aromatic heterocycles. The van der Waals surface area contributed by atoms with Crippen LogP contribution in [0.4, 0.5) is 11.9 Å². The summed E-state index contributed by atoms with van der Waals surface area (Å²) in [7, 11) is 0. The standard InChI is InChI=1S/C11H17N7O/c1-11(2,3-6-19)17-9-14-8(12)15-10(16-9)18-5-4-13-7-18/h4-5,7,19H,3,6H2,1-2H3,(H3,12,14,15,16,17). The highest BCUT2D eigenvalue weighted by molar-refractivity contribution is 5.37. The molecule has 0 radical (unpaired) electrons. The maximum atomic E-state index is 9.01. The molecule has 0 aliphatic rings. The minimum absolute atomic E-state index is 0.0783. The van der Waals surface area contributed by atoms with E-state index in [1.807, 2.05) is 13.8 Å². The molecule has 2 heterocycles. The summed E-state index contributed by atoms with van der Waals surface area (Å²) in [4.78, 5) is 16.3. The quantitative estimate of drug-likeness (QED) is 0.706. The molecule has 0 fully saturated rings. The molecule has 8 heteroatoms. The number of rotatable bonds is 5. The molecular weight excluding hydrogens is 246 g/mol. The van der Waals surface area contributed by atoms with Crippen LogP contribution in [0.2, 0.25) is 0 Å². The number of nitrogens with zero attached hydrogens (tertiary/aromatic N) is 5. The van der Waals surface area contributed by atoms with Gasteiger partial charge >= 0.3 is 0 Å². The van der Waals surface area contributed by atoms with E-state index in [2.05, 4.69) is 25.3 Å². The van der Waals surface area contributed by atoms with E-state index in [9.17, 15) is 0 Å². The van der Waals surface area contributed by atoms with Crippen LogP contribution >= 0.6 is 0 Å². The van der Waals surface area contributed by atoms with Gasteiger partial charge in [0.05, 0.1) is 0 Å². The Balaban J connectivity index is 2.27. The van der Waals surface area contributed by atoms with Crippen molar-refractivity contribution in [2.45, 2.75) is 25.8 Å². The molecule has 2 rings (SSSR count). The zero-order chi connectivity index (χ0) is 13.9. The predicted octanol–water partition coefficient (Wildman–Crippen LogP) is 0.212. The van der Waals surface area contributed by atoms with E-state index in [1.54, 1.807) is 23.3 Å². The first kappa shape index (κ1) is 13.2. The second-order valence-corrected chi connectivity index (χ2v) is 4.77. The van der Waals surface area contributed by atoms with Crippen molar-refractivity contribution in [1.29, 1.82) is 0 Å². The van der Waals surface area contributed by atoms with Gasteiger partial charge in [0, 0.05) is 24.5 Å². The smallest absolute Gasteiger partial charge is 0.241 e. The van der Waals surface area contributed by atoms with Crippen molar-refractivity contribution in [3.05, 3.63) is 18.7 Å². The number of imidazole rings is 1. The van der Waals surface area contributed by atoms with Crippen molar-refractivity contribution in [3.63, 3.8) is 0 Å². The maximum absolute atomic E-state index is 9.01. The first-order chi connectivity index (χ1) is 9.00. The number of nitrogen functional groups attached to an aromatic ring is 1. The summed E-state index contributed by atoms with van der Waals surface area (Å²) in [6.45, 7) is 3.97. The number of hydrogen-bond donors (Lipinski definition) is 3. The average Bonchev–Trinajstić information content (AvgIpc) is 2.80. The van der Waals surface area contributed by atoms with Crippen LogP contribution in [0.15, 0.2) is 18.7 Å². The molecule has 0 atom stereocenters. The number of nitrogens with two attached hydrogens (primary N) is 1.